The molecule has 0 saturated carbocycles. The van der Waals surface area contributed by atoms with Crippen molar-refractivity contribution in [2.24, 2.45) is 5.10 Å². The fraction of sp³-hybridized carbons (Fsp3) is 0.261. The molecule has 2 amide bonds. The van der Waals surface area contributed by atoms with Gasteiger partial charge >= 0.3 is 6.18 Å². The Bertz CT molecular complexity index is 1240. The number of aromatic hydroxyl groups is 1. The van der Waals surface area contributed by atoms with Gasteiger partial charge in [0.05, 0.1) is 31.5 Å². The standard InChI is InChI=1S/C23H20F3N3O3S2/c1-13(16-12-33-20(19(16)30)14-4-6-15(7-5-14)23(24,25)26)27-28-21(31)17-8-9-18(34-17)22(32)29-10-2-3-11-29/h4-9,12,30H,2-3,10-11H2,1H3,(H,28,31). The molecule has 1 fully saturated rings. The second-order valence-electron chi connectivity index (χ2n) is 7.70. The number of thiophene rings is 2. The van der Waals surface area contributed by atoms with Crippen LogP contribution in [-0.2, 0) is 6.18 Å². The lowest BCUT2D eigenvalue weighted by molar-refractivity contribution is -0.137. The van der Waals surface area contributed by atoms with Crippen LogP contribution in [0, 0.1) is 0 Å². The van der Waals surface area contributed by atoms with E-state index in [4.69, 9.17) is 0 Å². The second kappa shape index (κ2) is 9.59. The quantitative estimate of drug-likeness (QED) is 0.349. The van der Waals surface area contributed by atoms with E-state index in [1.807, 2.05) is 0 Å². The summed E-state index contributed by atoms with van der Waals surface area (Å²) in [5.41, 5.74) is 2.77. The Balaban J connectivity index is 1.44. The largest absolute Gasteiger partial charge is 0.506 e. The summed E-state index contributed by atoms with van der Waals surface area (Å²) in [7, 11) is 0. The van der Waals surface area contributed by atoms with Gasteiger partial charge in [0.1, 0.15) is 5.75 Å². The third-order valence-corrected chi connectivity index (χ3v) is 7.48. The van der Waals surface area contributed by atoms with E-state index in [2.05, 4.69) is 10.5 Å². The number of alkyl halides is 3. The van der Waals surface area contributed by atoms with E-state index in [-0.39, 0.29) is 11.7 Å². The van der Waals surface area contributed by atoms with Crippen LogP contribution >= 0.6 is 22.7 Å². The molecule has 1 aliphatic rings. The smallest absolute Gasteiger partial charge is 0.416 e. The highest BCUT2D eigenvalue weighted by Gasteiger charge is 2.30. The minimum atomic E-state index is -4.44. The number of benzene rings is 1. The molecule has 0 unspecified atom stereocenters. The Morgan fingerprint density at radius 1 is 1.06 bits per heavy atom. The molecule has 11 heteroatoms. The van der Waals surface area contributed by atoms with E-state index in [1.54, 1.807) is 29.3 Å². The van der Waals surface area contributed by atoms with E-state index >= 15 is 0 Å². The maximum Gasteiger partial charge on any atom is 0.416 e. The van der Waals surface area contributed by atoms with Gasteiger partial charge in [0.15, 0.2) is 0 Å². The number of halogens is 3. The Morgan fingerprint density at radius 2 is 1.71 bits per heavy atom. The molecule has 178 valence electrons. The summed E-state index contributed by atoms with van der Waals surface area (Å²) in [6.45, 7) is 3.04. The van der Waals surface area contributed by atoms with Crippen molar-refractivity contribution in [3.8, 4) is 16.2 Å². The number of carbonyl (C=O) groups is 2. The first-order valence-electron chi connectivity index (χ1n) is 10.4. The molecule has 2 N–H and O–H groups in total. The van der Waals surface area contributed by atoms with Crippen molar-refractivity contribution in [2.75, 3.05) is 13.1 Å². The number of nitrogens with one attached hydrogen (secondary N) is 1. The summed E-state index contributed by atoms with van der Waals surface area (Å²) < 4.78 is 38.3. The third kappa shape index (κ3) is 5.00. The van der Waals surface area contributed by atoms with Crippen LogP contribution in [0.4, 0.5) is 13.2 Å². The van der Waals surface area contributed by atoms with Gasteiger partial charge in [0.2, 0.25) is 0 Å². The zero-order valence-electron chi connectivity index (χ0n) is 18.0. The number of hydrazone groups is 1. The summed E-state index contributed by atoms with van der Waals surface area (Å²) in [6.07, 6.45) is -2.48. The molecule has 3 aromatic rings. The first-order chi connectivity index (χ1) is 16.1. The van der Waals surface area contributed by atoms with Gasteiger partial charge in [-0.15, -0.1) is 22.7 Å². The molecule has 4 rings (SSSR count). The zero-order chi connectivity index (χ0) is 24.5. The Labute approximate surface area is 201 Å². The van der Waals surface area contributed by atoms with E-state index in [1.165, 1.54) is 12.1 Å². The summed E-state index contributed by atoms with van der Waals surface area (Å²) in [5, 5.41) is 16.2. The Morgan fingerprint density at radius 3 is 2.35 bits per heavy atom. The summed E-state index contributed by atoms with van der Waals surface area (Å²) >= 11 is 2.25. The molecule has 0 spiro atoms. The van der Waals surface area contributed by atoms with Crippen molar-refractivity contribution in [3.63, 3.8) is 0 Å². The first kappa shape index (κ1) is 24.0. The molecule has 0 aliphatic carbocycles. The van der Waals surface area contributed by atoms with Crippen molar-refractivity contribution < 1.29 is 27.9 Å². The van der Waals surface area contributed by atoms with Gasteiger partial charge in [-0.2, -0.15) is 18.3 Å². The van der Waals surface area contributed by atoms with Gasteiger partial charge < -0.3 is 10.0 Å². The van der Waals surface area contributed by atoms with Crippen molar-refractivity contribution in [1.29, 1.82) is 0 Å². The lowest BCUT2D eigenvalue weighted by Gasteiger charge is -2.13. The average Bonchev–Trinajstić information content (AvgIpc) is 3.57. The van der Waals surface area contributed by atoms with Crippen LogP contribution in [0.25, 0.3) is 10.4 Å². The van der Waals surface area contributed by atoms with E-state index in [0.717, 1.165) is 60.7 Å². The summed E-state index contributed by atoms with van der Waals surface area (Å²) in [5.74, 6) is -0.697. The van der Waals surface area contributed by atoms with Crippen LogP contribution in [0.1, 0.15) is 50.2 Å². The van der Waals surface area contributed by atoms with Crippen LogP contribution in [0.5, 0.6) is 5.75 Å². The highest BCUT2D eigenvalue weighted by atomic mass is 32.1. The van der Waals surface area contributed by atoms with E-state index < -0.39 is 17.6 Å². The molecule has 34 heavy (non-hydrogen) atoms. The minimum Gasteiger partial charge on any atom is -0.506 e. The number of likely N-dealkylation sites (tertiary alicyclic amines) is 1. The van der Waals surface area contributed by atoms with Gasteiger partial charge in [-0.05, 0) is 49.6 Å². The van der Waals surface area contributed by atoms with Crippen LogP contribution in [0.2, 0.25) is 0 Å². The molecule has 1 aromatic carbocycles. The SMILES string of the molecule is CC(=NNC(=O)c1ccc(C(=O)N2CCCC2)s1)c1csc(-c2ccc(C(F)(F)F)cc2)c1O. The van der Waals surface area contributed by atoms with Gasteiger partial charge in [-0.1, -0.05) is 12.1 Å². The number of amides is 2. The predicted molar refractivity (Wildman–Crippen MR) is 126 cm³/mol. The molecule has 6 nitrogen and oxygen atoms in total. The predicted octanol–water partition coefficient (Wildman–Crippen LogP) is 5.59. The molecule has 1 saturated heterocycles. The summed E-state index contributed by atoms with van der Waals surface area (Å²) in [6, 6.07) is 7.70. The van der Waals surface area contributed by atoms with Gasteiger partial charge in [0, 0.05) is 18.5 Å². The fourth-order valence-electron chi connectivity index (χ4n) is 3.52. The first-order valence-corrected chi connectivity index (χ1v) is 12.1. The molecule has 0 radical (unpaired) electrons. The van der Waals surface area contributed by atoms with Crippen molar-refractivity contribution in [1.82, 2.24) is 10.3 Å². The number of hydrogen-bond donors (Lipinski definition) is 2. The maximum atomic E-state index is 12.8. The topological polar surface area (TPSA) is 82.0 Å². The number of nitrogens with zero attached hydrogens (tertiary/aromatic N) is 2. The maximum absolute atomic E-state index is 12.8. The highest BCUT2D eigenvalue weighted by molar-refractivity contribution is 7.16. The average molecular weight is 508 g/mol. The molecule has 3 heterocycles. The van der Waals surface area contributed by atoms with Gasteiger partial charge in [-0.3, -0.25) is 9.59 Å². The summed E-state index contributed by atoms with van der Waals surface area (Å²) in [4.78, 5) is 27.9. The minimum absolute atomic E-state index is 0.0831. The number of carbonyl (C=O) groups excluding carboxylic acids is 2. The third-order valence-electron chi connectivity index (χ3n) is 5.39. The molecular formula is C23H20F3N3O3S2. The molecule has 0 atom stereocenters. The van der Waals surface area contributed by atoms with Crippen LogP contribution in [0.15, 0.2) is 46.9 Å². The van der Waals surface area contributed by atoms with Crippen LogP contribution < -0.4 is 5.43 Å². The monoisotopic (exact) mass is 507 g/mol. The van der Waals surface area contributed by atoms with Crippen LogP contribution in [0.3, 0.4) is 0 Å². The molecule has 2 aromatic heterocycles. The Kier molecular flexibility index (Phi) is 6.76. The molecular weight excluding hydrogens is 487 g/mol. The van der Waals surface area contributed by atoms with E-state index in [0.29, 0.717) is 31.5 Å². The van der Waals surface area contributed by atoms with Crippen molar-refractivity contribution in [3.05, 3.63) is 62.7 Å². The van der Waals surface area contributed by atoms with Crippen LogP contribution in [-0.4, -0.2) is 40.6 Å². The van der Waals surface area contributed by atoms with Gasteiger partial charge in [-0.25, -0.2) is 5.43 Å². The van der Waals surface area contributed by atoms with Crippen molar-refractivity contribution in [2.45, 2.75) is 25.9 Å². The van der Waals surface area contributed by atoms with Crippen molar-refractivity contribution >= 4 is 40.2 Å². The Hall–Kier alpha value is -3.18. The lowest BCUT2D eigenvalue weighted by Crippen LogP contribution is -2.26. The molecule has 1 aliphatic heterocycles. The van der Waals surface area contributed by atoms with Gasteiger partial charge in [0.25, 0.3) is 11.8 Å². The number of hydrogen-bond acceptors (Lipinski definition) is 6. The fourth-order valence-corrected chi connectivity index (χ4v) is 5.40. The normalized spacial score (nSPS) is 14.5. The molecule has 0 bridgehead atoms. The lowest BCUT2D eigenvalue weighted by atomic mass is 10.1. The highest BCUT2D eigenvalue weighted by Crippen LogP contribution is 2.40. The van der Waals surface area contributed by atoms with E-state index in [9.17, 15) is 27.9 Å². The second-order valence-corrected chi connectivity index (χ2v) is 9.67. The number of rotatable bonds is 5. The zero-order valence-corrected chi connectivity index (χ0v) is 19.6.